The monoisotopic (exact) mass is 294 g/mol. The fourth-order valence-electron chi connectivity index (χ4n) is 2.60. The third kappa shape index (κ3) is 2.50. The third-order valence-electron chi connectivity index (χ3n) is 4.15. The smallest absolute Gasteiger partial charge is 0.242 e. The number of nitrogens with two attached hydrogens (primary N) is 1. The molecule has 1 saturated heterocycles. The van der Waals surface area contributed by atoms with E-state index in [2.05, 4.69) is 0 Å². The molecule has 5 heteroatoms. The number of rotatable bonds is 4. The Morgan fingerprint density at radius 1 is 1.40 bits per heavy atom. The van der Waals surface area contributed by atoms with Gasteiger partial charge in [-0.3, -0.25) is 4.79 Å². The van der Waals surface area contributed by atoms with Crippen LogP contribution in [0.4, 0.5) is 0 Å². The highest BCUT2D eigenvalue weighted by atomic mass is 35.5. The van der Waals surface area contributed by atoms with E-state index >= 15 is 0 Å². The van der Waals surface area contributed by atoms with E-state index in [0.717, 1.165) is 12.8 Å². The first-order valence-corrected chi connectivity index (χ1v) is 7.35. The van der Waals surface area contributed by atoms with Crippen molar-refractivity contribution in [1.82, 2.24) is 4.90 Å². The fraction of sp³-hybridized carbons (Fsp3) is 0.533. The van der Waals surface area contributed by atoms with Crippen molar-refractivity contribution in [2.75, 3.05) is 13.1 Å². The average molecular weight is 295 g/mol. The lowest BCUT2D eigenvalue weighted by molar-refractivity contribution is -0.146. The summed E-state index contributed by atoms with van der Waals surface area (Å²) >= 11 is 6.05. The maximum absolute atomic E-state index is 12.3. The molecule has 2 aliphatic rings. The van der Waals surface area contributed by atoms with E-state index in [1.54, 1.807) is 11.0 Å². The van der Waals surface area contributed by atoms with Gasteiger partial charge in [-0.25, -0.2) is 0 Å². The van der Waals surface area contributed by atoms with Gasteiger partial charge in [-0.15, -0.1) is 0 Å². The van der Waals surface area contributed by atoms with Gasteiger partial charge in [-0.05, 0) is 37.8 Å². The van der Waals surface area contributed by atoms with Crippen LogP contribution in [0.1, 0.15) is 19.8 Å². The van der Waals surface area contributed by atoms with E-state index in [1.807, 2.05) is 25.1 Å². The van der Waals surface area contributed by atoms with Crippen LogP contribution in [0.3, 0.4) is 0 Å². The summed E-state index contributed by atoms with van der Waals surface area (Å²) in [5.74, 6) is 1.06. The number of para-hydroxylation sites is 1. The summed E-state index contributed by atoms with van der Waals surface area (Å²) in [7, 11) is 0. The summed E-state index contributed by atoms with van der Waals surface area (Å²) < 4.78 is 5.78. The molecule has 0 bridgehead atoms. The van der Waals surface area contributed by atoms with Crippen LogP contribution < -0.4 is 10.5 Å². The summed E-state index contributed by atoms with van der Waals surface area (Å²) in [4.78, 5) is 14.1. The quantitative estimate of drug-likeness (QED) is 0.925. The molecule has 20 heavy (non-hydrogen) atoms. The second-order valence-corrected chi connectivity index (χ2v) is 6.34. The second-order valence-electron chi connectivity index (χ2n) is 5.94. The number of amides is 1. The highest BCUT2D eigenvalue weighted by Gasteiger charge is 2.48. The standard InChI is InChI=1S/C15H19ClN2O2/c1-15(17,10-6-7-10)14(19)18-8-11(9-18)20-13-5-3-2-4-12(13)16/h2-5,10-11H,6-9,17H2,1H3/t15-/m0/s1. The van der Waals surface area contributed by atoms with E-state index in [-0.39, 0.29) is 12.0 Å². The summed E-state index contributed by atoms with van der Waals surface area (Å²) in [6.45, 7) is 3.02. The molecule has 3 rings (SSSR count). The maximum atomic E-state index is 12.3. The lowest BCUT2D eigenvalue weighted by atomic mass is 9.93. The molecule has 108 valence electrons. The number of hydrogen-bond acceptors (Lipinski definition) is 3. The van der Waals surface area contributed by atoms with E-state index in [9.17, 15) is 4.79 Å². The maximum Gasteiger partial charge on any atom is 0.242 e. The van der Waals surface area contributed by atoms with Gasteiger partial charge in [-0.1, -0.05) is 23.7 Å². The van der Waals surface area contributed by atoms with Gasteiger partial charge < -0.3 is 15.4 Å². The molecule has 1 aromatic rings. The number of benzene rings is 1. The number of likely N-dealkylation sites (tertiary alicyclic amines) is 1. The van der Waals surface area contributed by atoms with Gasteiger partial charge in [0.15, 0.2) is 0 Å². The Morgan fingerprint density at radius 3 is 2.65 bits per heavy atom. The minimum Gasteiger partial charge on any atom is -0.485 e. The van der Waals surface area contributed by atoms with Crippen LogP contribution in [0.25, 0.3) is 0 Å². The summed E-state index contributed by atoms with van der Waals surface area (Å²) in [5, 5.41) is 0.596. The van der Waals surface area contributed by atoms with Crippen LogP contribution in [-0.4, -0.2) is 35.5 Å². The lowest BCUT2D eigenvalue weighted by Crippen LogP contribution is -2.64. The van der Waals surface area contributed by atoms with Crippen molar-refractivity contribution in [3.8, 4) is 5.75 Å². The highest BCUT2D eigenvalue weighted by Crippen LogP contribution is 2.39. The van der Waals surface area contributed by atoms with Gasteiger partial charge in [0.1, 0.15) is 11.9 Å². The van der Waals surface area contributed by atoms with Crippen molar-refractivity contribution in [1.29, 1.82) is 0 Å². The Morgan fingerprint density at radius 2 is 2.05 bits per heavy atom. The molecule has 0 unspecified atom stereocenters. The van der Waals surface area contributed by atoms with Gasteiger partial charge in [-0.2, -0.15) is 0 Å². The van der Waals surface area contributed by atoms with E-state index in [0.29, 0.717) is 29.8 Å². The van der Waals surface area contributed by atoms with Crippen LogP contribution in [0.2, 0.25) is 5.02 Å². The second kappa shape index (κ2) is 4.93. The molecule has 0 aromatic heterocycles. The Balaban J connectivity index is 1.54. The molecule has 1 aromatic carbocycles. The zero-order valence-electron chi connectivity index (χ0n) is 11.5. The number of ether oxygens (including phenoxy) is 1. The van der Waals surface area contributed by atoms with Crippen molar-refractivity contribution >= 4 is 17.5 Å². The molecule has 1 heterocycles. The molecule has 2 fully saturated rings. The zero-order valence-corrected chi connectivity index (χ0v) is 12.3. The first kappa shape index (κ1) is 13.7. The van der Waals surface area contributed by atoms with Gasteiger partial charge in [0.2, 0.25) is 5.91 Å². The van der Waals surface area contributed by atoms with Crippen LogP contribution >= 0.6 is 11.6 Å². The molecule has 4 nitrogen and oxygen atoms in total. The van der Waals surface area contributed by atoms with Crippen LogP contribution in [0, 0.1) is 5.92 Å². The van der Waals surface area contributed by atoms with Gasteiger partial charge in [0, 0.05) is 0 Å². The summed E-state index contributed by atoms with van der Waals surface area (Å²) in [6.07, 6.45) is 2.13. The van der Waals surface area contributed by atoms with Gasteiger partial charge in [0.25, 0.3) is 0 Å². The largest absolute Gasteiger partial charge is 0.485 e. The molecule has 1 amide bonds. The van der Waals surface area contributed by atoms with Crippen molar-refractivity contribution in [2.24, 2.45) is 11.7 Å². The van der Waals surface area contributed by atoms with Crippen LogP contribution in [0.5, 0.6) is 5.75 Å². The van der Waals surface area contributed by atoms with E-state index in [4.69, 9.17) is 22.1 Å². The molecule has 1 saturated carbocycles. The molecule has 1 atom stereocenters. The minimum absolute atomic E-state index is 0.00820. The Hall–Kier alpha value is -1.26. The topological polar surface area (TPSA) is 55.6 Å². The van der Waals surface area contributed by atoms with E-state index in [1.165, 1.54) is 0 Å². The highest BCUT2D eigenvalue weighted by molar-refractivity contribution is 6.32. The predicted molar refractivity (Wildman–Crippen MR) is 77.8 cm³/mol. The van der Waals surface area contributed by atoms with Crippen molar-refractivity contribution < 1.29 is 9.53 Å². The van der Waals surface area contributed by atoms with Crippen molar-refractivity contribution in [2.45, 2.75) is 31.4 Å². The molecule has 1 aliphatic carbocycles. The number of hydrogen-bond donors (Lipinski definition) is 1. The van der Waals surface area contributed by atoms with Crippen molar-refractivity contribution in [3.63, 3.8) is 0 Å². The Bertz CT molecular complexity index is 522. The first-order valence-electron chi connectivity index (χ1n) is 6.98. The van der Waals surface area contributed by atoms with Crippen LogP contribution in [0.15, 0.2) is 24.3 Å². The minimum atomic E-state index is -0.713. The molecule has 2 N–H and O–H groups in total. The van der Waals surface area contributed by atoms with Gasteiger partial charge in [0.05, 0.1) is 23.7 Å². The summed E-state index contributed by atoms with van der Waals surface area (Å²) in [5.41, 5.74) is 5.43. The molecule has 1 aliphatic heterocycles. The SMILES string of the molecule is C[C@@](N)(C(=O)N1CC(Oc2ccccc2Cl)C1)C1CC1. The Labute approximate surface area is 123 Å². The van der Waals surface area contributed by atoms with Gasteiger partial charge >= 0.3 is 0 Å². The number of halogens is 1. The number of carbonyl (C=O) groups excluding carboxylic acids is 1. The molecular formula is C15H19ClN2O2. The first-order chi connectivity index (χ1) is 9.48. The normalized spacial score (nSPS) is 22.1. The average Bonchev–Trinajstić information content (AvgIpc) is 3.19. The summed E-state index contributed by atoms with van der Waals surface area (Å²) in [6, 6.07) is 7.38. The number of nitrogens with zero attached hydrogens (tertiary/aromatic N) is 1. The van der Waals surface area contributed by atoms with Crippen LogP contribution in [-0.2, 0) is 4.79 Å². The number of carbonyl (C=O) groups is 1. The zero-order chi connectivity index (χ0) is 14.3. The third-order valence-corrected chi connectivity index (χ3v) is 4.46. The predicted octanol–water partition coefficient (Wildman–Crippen LogP) is 2.06. The van der Waals surface area contributed by atoms with Crippen molar-refractivity contribution in [3.05, 3.63) is 29.3 Å². The van der Waals surface area contributed by atoms with E-state index < -0.39 is 5.54 Å². The molecule has 0 radical (unpaired) electrons. The molecule has 0 spiro atoms. The Kier molecular flexibility index (Phi) is 3.38. The molecular weight excluding hydrogens is 276 g/mol. The lowest BCUT2D eigenvalue weighted by Gasteiger charge is -2.42. The fourth-order valence-corrected chi connectivity index (χ4v) is 2.78.